The Kier molecular flexibility index (Phi) is 6.02. The number of fused-ring (bicyclic) bond motifs is 3. The Hall–Kier alpha value is -3.35. The number of carboxylic acid groups (broad SMARTS) is 1. The molecule has 3 aliphatic rings. The van der Waals surface area contributed by atoms with Crippen molar-refractivity contribution in [2.24, 2.45) is 5.92 Å². The van der Waals surface area contributed by atoms with Crippen molar-refractivity contribution in [2.75, 3.05) is 19.7 Å². The number of hydrogen-bond acceptors (Lipinski definition) is 4. The van der Waals surface area contributed by atoms with E-state index in [1.165, 1.54) is 11.1 Å². The van der Waals surface area contributed by atoms with Gasteiger partial charge in [-0.15, -0.1) is 0 Å². The second-order valence-corrected chi connectivity index (χ2v) is 9.74. The molecule has 2 fully saturated rings. The van der Waals surface area contributed by atoms with Gasteiger partial charge < -0.3 is 20.1 Å². The number of nitrogens with one attached hydrogen (secondary N) is 1. The van der Waals surface area contributed by atoms with Crippen LogP contribution < -0.4 is 5.32 Å². The van der Waals surface area contributed by atoms with Gasteiger partial charge >= 0.3 is 12.1 Å². The number of aliphatic carboxylic acids is 1. The summed E-state index contributed by atoms with van der Waals surface area (Å²) in [5.74, 6) is -1.02. The molecule has 1 atom stereocenters. The van der Waals surface area contributed by atoms with E-state index in [-0.39, 0.29) is 30.8 Å². The number of likely N-dealkylation sites (tertiary alicyclic amines) is 1. The van der Waals surface area contributed by atoms with Crippen molar-refractivity contribution in [2.45, 2.75) is 50.0 Å². The van der Waals surface area contributed by atoms with Crippen LogP contribution in [0.15, 0.2) is 48.5 Å². The van der Waals surface area contributed by atoms with Crippen LogP contribution in [0.3, 0.4) is 0 Å². The van der Waals surface area contributed by atoms with Crippen LogP contribution in [0.2, 0.25) is 0 Å². The average molecular weight is 463 g/mol. The topological polar surface area (TPSA) is 95.9 Å². The molecular weight excluding hydrogens is 432 g/mol. The van der Waals surface area contributed by atoms with Crippen LogP contribution in [0, 0.1) is 5.92 Å². The summed E-state index contributed by atoms with van der Waals surface area (Å²) in [6.07, 6.45) is 3.06. The highest BCUT2D eigenvalue weighted by molar-refractivity contribution is 5.90. The molecule has 1 aliphatic heterocycles. The van der Waals surface area contributed by atoms with Crippen LogP contribution in [-0.2, 0) is 14.3 Å². The van der Waals surface area contributed by atoms with Gasteiger partial charge in [-0.05, 0) is 47.4 Å². The first-order valence-electron chi connectivity index (χ1n) is 12.1. The third-order valence-corrected chi connectivity index (χ3v) is 7.59. The van der Waals surface area contributed by atoms with Crippen LogP contribution in [0.4, 0.5) is 4.79 Å². The van der Waals surface area contributed by atoms with Crippen LogP contribution in [0.5, 0.6) is 0 Å². The number of ether oxygens (including phenoxy) is 1. The van der Waals surface area contributed by atoms with E-state index in [1.54, 1.807) is 4.90 Å². The quantitative estimate of drug-likeness (QED) is 0.672. The van der Waals surface area contributed by atoms with E-state index >= 15 is 0 Å². The molecule has 0 radical (unpaired) electrons. The molecule has 7 heteroatoms. The summed E-state index contributed by atoms with van der Waals surface area (Å²) in [4.78, 5) is 39.1. The lowest BCUT2D eigenvalue weighted by atomic mass is 9.95. The standard InChI is InChI=1S/C27H30N2O5/c30-24(31)15-18-11-14-29(16-18)25(32)27(12-5-6-13-27)28-26(33)34-17-23-21-9-3-1-7-19(21)20-8-2-4-10-22(20)23/h1-4,7-10,18,23H,5-6,11-17H2,(H,28,33)(H,30,31). The van der Waals surface area contributed by atoms with Crippen LogP contribution in [0.1, 0.15) is 55.6 Å². The van der Waals surface area contributed by atoms with Crippen molar-refractivity contribution in [1.29, 1.82) is 0 Å². The van der Waals surface area contributed by atoms with E-state index in [0.29, 0.717) is 32.4 Å². The molecule has 7 nitrogen and oxygen atoms in total. The summed E-state index contributed by atoms with van der Waals surface area (Å²) in [6, 6.07) is 16.4. The highest BCUT2D eigenvalue weighted by Gasteiger charge is 2.46. The number of hydrogen-bond donors (Lipinski definition) is 2. The van der Waals surface area contributed by atoms with Gasteiger partial charge in [0.15, 0.2) is 0 Å². The maximum absolute atomic E-state index is 13.4. The van der Waals surface area contributed by atoms with E-state index in [4.69, 9.17) is 9.84 Å². The van der Waals surface area contributed by atoms with Gasteiger partial charge in [-0.1, -0.05) is 61.4 Å². The molecule has 0 aromatic heterocycles. The third-order valence-electron chi connectivity index (χ3n) is 7.59. The summed E-state index contributed by atoms with van der Waals surface area (Å²) < 4.78 is 5.71. The predicted octanol–water partition coefficient (Wildman–Crippen LogP) is 4.16. The van der Waals surface area contributed by atoms with Crippen molar-refractivity contribution in [3.63, 3.8) is 0 Å². The van der Waals surface area contributed by atoms with Crippen LogP contribution in [0.25, 0.3) is 11.1 Å². The van der Waals surface area contributed by atoms with Gasteiger partial charge in [0.2, 0.25) is 5.91 Å². The van der Waals surface area contributed by atoms with E-state index in [2.05, 4.69) is 29.6 Å². The molecule has 178 valence electrons. The maximum atomic E-state index is 13.4. The number of carbonyl (C=O) groups excluding carboxylic acids is 2. The summed E-state index contributed by atoms with van der Waals surface area (Å²) in [5.41, 5.74) is 3.66. The fourth-order valence-electron chi connectivity index (χ4n) is 5.93. The maximum Gasteiger partial charge on any atom is 0.408 e. The zero-order chi connectivity index (χ0) is 23.7. The van der Waals surface area contributed by atoms with Crippen molar-refractivity contribution >= 4 is 18.0 Å². The van der Waals surface area contributed by atoms with Crippen molar-refractivity contribution in [1.82, 2.24) is 10.2 Å². The fraction of sp³-hybridized carbons (Fsp3) is 0.444. The normalized spacial score (nSPS) is 20.6. The first kappa shape index (κ1) is 22.4. The lowest BCUT2D eigenvalue weighted by molar-refractivity contribution is -0.139. The lowest BCUT2D eigenvalue weighted by Crippen LogP contribution is -2.58. The minimum absolute atomic E-state index is 0.0330. The summed E-state index contributed by atoms with van der Waals surface area (Å²) in [7, 11) is 0. The molecule has 0 bridgehead atoms. The molecule has 1 saturated carbocycles. The first-order valence-corrected chi connectivity index (χ1v) is 12.1. The van der Waals surface area contributed by atoms with Gasteiger partial charge in [0, 0.05) is 25.4 Å². The summed E-state index contributed by atoms with van der Waals surface area (Å²) in [6.45, 7) is 1.17. The van der Waals surface area contributed by atoms with Gasteiger partial charge in [0.25, 0.3) is 0 Å². The second kappa shape index (κ2) is 9.12. The lowest BCUT2D eigenvalue weighted by Gasteiger charge is -2.33. The monoisotopic (exact) mass is 462 g/mol. The largest absolute Gasteiger partial charge is 0.481 e. The van der Waals surface area contributed by atoms with Gasteiger partial charge in [0.1, 0.15) is 12.1 Å². The fourth-order valence-corrected chi connectivity index (χ4v) is 5.93. The van der Waals surface area contributed by atoms with E-state index in [1.807, 2.05) is 24.3 Å². The average Bonchev–Trinajstić information content (AvgIpc) is 3.55. The molecule has 2 aromatic carbocycles. The minimum atomic E-state index is -0.958. The minimum Gasteiger partial charge on any atom is -0.481 e. The molecule has 0 spiro atoms. The number of rotatable bonds is 6. The molecule has 1 saturated heterocycles. The van der Waals surface area contributed by atoms with Crippen LogP contribution in [-0.4, -0.2) is 53.2 Å². The van der Waals surface area contributed by atoms with Gasteiger partial charge in [0.05, 0.1) is 0 Å². The van der Waals surface area contributed by atoms with Crippen LogP contribution >= 0.6 is 0 Å². The summed E-state index contributed by atoms with van der Waals surface area (Å²) >= 11 is 0. The predicted molar refractivity (Wildman–Crippen MR) is 126 cm³/mol. The Labute approximate surface area is 199 Å². The SMILES string of the molecule is O=C(O)CC1CCN(C(=O)C2(NC(=O)OCC3c4ccccc4-c4ccccc43)CCCC2)C1. The van der Waals surface area contributed by atoms with Crippen molar-refractivity contribution in [3.8, 4) is 11.1 Å². The zero-order valence-corrected chi connectivity index (χ0v) is 19.2. The number of carboxylic acids is 1. The second-order valence-electron chi connectivity index (χ2n) is 9.74. The van der Waals surface area contributed by atoms with Gasteiger partial charge in [-0.2, -0.15) is 0 Å². The summed E-state index contributed by atoms with van der Waals surface area (Å²) in [5, 5.41) is 12.0. The van der Waals surface area contributed by atoms with Crippen molar-refractivity contribution < 1.29 is 24.2 Å². The highest BCUT2D eigenvalue weighted by Crippen LogP contribution is 2.44. The smallest absolute Gasteiger partial charge is 0.408 e. The number of amides is 2. The van der Waals surface area contributed by atoms with E-state index in [9.17, 15) is 14.4 Å². The molecular formula is C27H30N2O5. The molecule has 34 heavy (non-hydrogen) atoms. The molecule has 2 aliphatic carbocycles. The zero-order valence-electron chi connectivity index (χ0n) is 19.2. The molecule has 2 aromatic rings. The Morgan fingerprint density at radius 2 is 1.62 bits per heavy atom. The number of nitrogens with zero attached hydrogens (tertiary/aromatic N) is 1. The number of benzene rings is 2. The number of carbonyl (C=O) groups is 3. The van der Waals surface area contributed by atoms with E-state index in [0.717, 1.165) is 24.0 Å². The van der Waals surface area contributed by atoms with Crippen molar-refractivity contribution in [3.05, 3.63) is 59.7 Å². The molecule has 2 amide bonds. The highest BCUT2D eigenvalue weighted by atomic mass is 16.5. The Morgan fingerprint density at radius 1 is 1.00 bits per heavy atom. The van der Waals surface area contributed by atoms with Gasteiger partial charge in [-0.25, -0.2) is 4.79 Å². The molecule has 2 N–H and O–H groups in total. The molecule has 1 heterocycles. The Morgan fingerprint density at radius 3 is 2.24 bits per heavy atom. The molecule has 5 rings (SSSR count). The molecule has 1 unspecified atom stereocenters. The van der Waals surface area contributed by atoms with E-state index < -0.39 is 17.6 Å². The Balaban J connectivity index is 1.25. The Bertz CT molecular complexity index is 1060. The number of alkyl carbamates (subject to hydrolysis) is 1. The third kappa shape index (κ3) is 4.15. The first-order chi connectivity index (χ1) is 16.5. The van der Waals surface area contributed by atoms with Gasteiger partial charge in [-0.3, -0.25) is 9.59 Å².